The summed E-state index contributed by atoms with van der Waals surface area (Å²) in [4.78, 5) is 19.4. The van der Waals surface area contributed by atoms with Gasteiger partial charge < -0.3 is 15.0 Å². The second kappa shape index (κ2) is 6.28. The number of imidazole rings is 1. The topological polar surface area (TPSA) is 67.0 Å². The van der Waals surface area contributed by atoms with E-state index in [1.807, 2.05) is 12.1 Å². The number of hydrogen-bond acceptors (Lipinski definition) is 3. The van der Waals surface area contributed by atoms with Gasteiger partial charge in [-0.25, -0.2) is 4.98 Å². The summed E-state index contributed by atoms with van der Waals surface area (Å²) in [5, 5.41) is 3.62. The molecule has 3 rings (SSSR count). The fourth-order valence-corrected chi connectivity index (χ4v) is 2.43. The molecule has 1 amide bonds. The first-order valence-electron chi connectivity index (χ1n) is 6.92. The number of aromatic nitrogens is 2. The molecule has 0 unspecified atom stereocenters. The number of H-pyrrole nitrogens is 1. The van der Waals surface area contributed by atoms with E-state index in [1.165, 1.54) is 0 Å². The molecule has 2 aromatic rings. The summed E-state index contributed by atoms with van der Waals surface area (Å²) in [6.07, 6.45) is 3.47. The molecule has 1 aliphatic rings. The monoisotopic (exact) mass is 305 g/mol. The van der Waals surface area contributed by atoms with Gasteiger partial charge in [-0.2, -0.15) is 0 Å². The molecule has 0 aliphatic carbocycles. The van der Waals surface area contributed by atoms with Crippen molar-refractivity contribution in [1.82, 2.24) is 15.3 Å². The first-order valence-corrected chi connectivity index (χ1v) is 7.30. The van der Waals surface area contributed by atoms with Crippen LogP contribution in [0, 0.1) is 0 Å². The summed E-state index contributed by atoms with van der Waals surface area (Å²) in [6, 6.07) is 7.38. The zero-order valence-corrected chi connectivity index (χ0v) is 12.2. The van der Waals surface area contributed by atoms with E-state index in [-0.39, 0.29) is 11.9 Å². The lowest BCUT2D eigenvalue weighted by Gasteiger charge is -2.22. The van der Waals surface area contributed by atoms with Crippen molar-refractivity contribution in [3.8, 4) is 11.4 Å². The second-order valence-electron chi connectivity index (χ2n) is 5.04. The molecule has 0 spiro atoms. The molecule has 2 heterocycles. The maximum absolute atomic E-state index is 12.2. The van der Waals surface area contributed by atoms with Crippen LogP contribution in [0.3, 0.4) is 0 Å². The van der Waals surface area contributed by atoms with Gasteiger partial charge in [-0.05, 0) is 37.1 Å². The first-order chi connectivity index (χ1) is 10.2. The van der Waals surface area contributed by atoms with Crippen LogP contribution in [0.5, 0.6) is 0 Å². The Hall–Kier alpha value is -1.85. The third kappa shape index (κ3) is 3.43. The number of rotatable bonds is 3. The number of hydrogen-bond donors (Lipinski definition) is 2. The molecular formula is C15H16ClN3O2. The molecule has 0 radical (unpaired) electrons. The number of carbonyl (C=O) groups excluding carboxylic acids is 1. The van der Waals surface area contributed by atoms with E-state index in [0.717, 1.165) is 25.0 Å². The Morgan fingerprint density at radius 2 is 2.19 bits per heavy atom. The molecule has 6 heteroatoms. The fraction of sp³-hybridized carbons (Fsp3) is 0.333. The minimum absolute atomic E-state index is 0.0773. The average Bonchev–Trinajstić information content (AvgIpc) is 2.99. The maximum Gasteiger partial charge on any atom is 0.269 e. The Balaban J connectivity index is 1.69. The molecule has 2 N–H and O–H groups in total. The van der Waals surface area contributed by atoms with Crippen molar-refractivity contribution in [1.29, 1.82) is 0 Å². The predicted octanol–water partition coefficient (Wildman–Crippen LogP) is 2.64. The number of nitrogens with zero attached hydrogens (tertiary/aromatic N) is 1. The molecule has 1 aliphatic heterocycles. The van der Waals surface area contributed by atoms with E-state index >= 15 is 0 Å². The number of aromatic amines is 1. The molecule has 1 fully saturated rings. The molecule has 21 heavy (non-hydrogen) atoms. The minimum atomic E-state index is -0.154. The van der Waals surface area contributed by atoms with E-state index in [1.54, 1.807) is 18.3 Å². The van der Waals surface area contributed by atoms with E-state index in [0.29, 0.717) is 23.1 Å². The van der Waals surface area contributed by atoms with Crippen LogP contribution in [0.2, 0.25) is 5.02 Å². The van der Waals surface area contributed by atoms with E-state index in [2.05, 4.69) is 15.3 Å². The largest absolute Gasteiger partial charge is 0.379 e. The lowest BCUT2D eigenvalue weighted by Crippen LogP contribution is -2.40. The summed E-state index contributed by atoms with van der Waals surface area (Å²) in [5.74, 6) is 0.495. The Morgan fingerprint density at radius 3 is 2.90 bits per heavy atom. The molecule has 5 nitrogen and oxygen atoms in total. The minimum Gasteiger partial charge on any atom is -0.379 e. The maximum atomic E-state index is 12.2. The molecule has 1 saturated heterocycles. The molecular weight excluding hydrogens is 290 g/mol. The lowest BCUT2D eigenvalue weighted by atomic mass is 10.1. The Labute approximate surface area is 127 Å². The standard InChI is InChI=1S/C15H16ClN3O2/c16-11-5-3-10(4-6-11)14-17-8-13(19-14)15(20)18-12-2-1-7-21-9-12/h3-6,8,12H,1-2,7,9H2,(H,17,19)(H,18,20)/t12-/m0/s1. The van der Waals surface area contributed by atoms with Gasteiger partial charge in [0.05, 0.1) is 18.8 Å². The summed E-state index contributed by atoms with van der Waals surface area (Å²) >= 11 is 5.86. The smallest absolute Gasteiger partial charge is 0.269 e. The summed E-state index contributed by atoms with van der Waals surface area (Å²) in [7, 11) is 0. The fourth-order valence-electron chi connectivity index (χ4n) is 2.31. The summed E-state index contributed by atoms with van der Waals surface area (Å²) < 4.78 is 5.35. The van der Waals surface area contributed by atoms with Crippen molar-refractivity contribution in [2.24, 2.45) is 0 Å². The number of amides is 1. The van der Waals surface area contributed by atoms with Gasteiger partial charge in [0.1, 0.15) is 11.5 Å². The van der Waals surface area contributed by atoms with Crippen molar-refractivity contribution in [3.05, 3.63) is 41.2 Å². The van der Waals surface area contributed by atoms with Crippen LogP contribution in [0.1, 0.15) is 23.3 Å². The van der Waals surface area contributed by atoms with Gasteiger partial charge in [0, 0.05) is 17.2 Å². The summed E-state index contributed by atoms with van der Waals surface area (Å²) in [5.41, 5.74) is 1.34. The number of benzene rings is 1. The van der Waals surface area contributed by atoms with Gasteiger partial charge >= 0.3 is 0 Å². The van der Waals surface area contributed by atoms with Crippen LogP contribution in [0.25, 0.3) is 11.4 Å². The molecule has 1 aromatic heterocycles. The molecule has 1 aromatic carbocycles. The van der Waals surface area contributed by atoms with Gasteiger partial charge in [-0.1, -0.05) is 11.6 Å². The van der Waals surface area contributed by atoms with Gasteiger partial charge in [0.2, 0.25) is 0 Å². The number of carbonyl (C=O) groups is 1. The van der Waals surface area contributed by atoms with Crippen LogP contribution < -0.4 is 5.32 Å². The van der Waals surface area contributed by atoms with Crippen molar-refractivity contribution < 1.29 is 9.53 Å². The van der Waals surface area contributed by atoms with E-state index < -0.39 is 0 Å². The van der Waals surface area contributed by atoms with Crippen LogP contribution in [0.4, 0.5) is 0 Å². The highest BCUT2D eigenvalue weighted by atomic mass is 35.5. The third-order valence-electron chi connectivity index (χ3n) is 3.43. The SMILES string of the molecule is O=C(N[C@H]1CCCOC1)c1cnc(-c2ccc(Cl)cc2)[nH]1. The third-order valence-corrected chi connectivity index (χ3v) is 3.69. The molecule has 0 saturated carbocycles. The van der Waals surface area contributed by atoms with Crippen molar-refractivity contribution in [2.45, 2.75) is 18.9 Å². The van der Waals surface area contributed by atoms with E-state index in [4.69, 9.17) is 16.3 Å². The second-order valence-corrected chi connectivity index (χ2v) is 5.48. The normalized spacial score (nSPS) is 18.4. The number of ether oxygens (including phenoxy) is 1. The lowest BCUT2D eigenvalue weighted by molar-refractivity contribution is 0.0622. The molecule has 0 bridgehead atoms. The molecule has 1 atom stereocenters. The van der Waals surface area contributed by atoms with Crippen molar-refractivity contribution >= 4 is 17.5 Å². The predicted molar refractivity (Wildman–Crippen MR) is 80.3 cm³/mol. The van der Waals surface area contributed by atoms with Crippen LogP contribution in [-0.2, 0) is 4.74 Å². The Morgan fingerprint density at radius 1 is 1.38 bits per heavy atom. The number of halogens is 1. The van der Waals surface area contributed by atoms with Gasteiger partial charge in [-0.15, -0.1) is 0 Å². The summed E-state index contributed by atoms with van der Waals surface area (Å²) in [6.45, 7) is 1.35. The highest BCUT2D eigenvalue weighted by Gasteiger charge is 2.18. The Bertz CT molecular complexity index is 618. The first kappa shape index (κ1) is 14.1. The van der Waals surface area contributed by atoms with Gasteiger partial charge in [0.25, 0.3) is 5.91 Å². The van der Waals surface area contributed by atoms with Crippen molar-refractivity contribution in [2.75, 3.05) is 13.2 Å². The molecule has 110 valence electrons. The zero-order valence-electron chi connectivity index (χ0n) is 11.4. The van der Waals surface area contributed by atoms with E-state index in [9.17, 15) is 4.79 Å². The van der Waals surface area contributed by atoms with Gasteiger partial charge in [-0.3, -0.25) is 4.79 Å². The number of nitrogens with one attached hydrogen (secondary N) is 2. The van der Waals surface area contributed by atoms with Crippen LogP contribution in [0.15, 0.2) is 30.5 Å². The highest BCUT2D eigenvalue weighted by molar-refractivity contribution is 6.30. The average molecular weight is 306 g/mol. The highest BCUT2D eigenvalue weighted by Crippen LogP contribution is 2.18. The van der Waals surface area contributed by atoms with Gasteiger partial charge in [0.15, 0.2) is 0 Å². The quantitative estimate of drug-likeness (QED) is 0.916. The Kier molecular flexibility index (Phi) is 4.22. The zero-order chi connectivity index (χ0) is 14.7. The van der Waals surface area contributed by atoms with Crippen LogP contribution in [-0.4, -0.2) is 35.1 Å². The van der Waals surface area contributed by atoms with Crippen molar-refractivity contribution in [3.63, 3.8) is 0 Å². The van der Waals surface area contributed by atoms with Crippen LogP contribution >= 0.6 is 11.6 Å².